The third-order valence-corrected chi connectivity index (χ3v) is 5.62. The third-order valence-electron chi connectivity index (χ3n) is 3.74. The molecule has 21 heavy (non-hydrogen) atoms. The van der Waals surface area contributed by atoms with Gasteiger partial charge in [-0.1, -0.05) is 5.16 Å². The summed E-state index contributed by atoms with van der Waals surface area (Å²) in [6.45, 7) is 2.76. The molecule has 0 radical (unpaired) electrons. The van der Waals surface area contributed by atoms with Gasteiger partial charge in [0.15, 0.2) is 0 Å². The number of nitrogens with zero attached hydrogens (tertiary/aromatic N) is 5. The Morgan fingerprint density at radius 1 is 1.33 bits per heavy atom. The zero-order chi connectivity index (χ0) is 15.0. The van der Waals surface area contributed by atoms with Crippen LogP contribution < -0.4 is 0 Å². The predicted molar refractivity (Wildman–Crippen MR) is 73.0 cm³/mol. The summed E-state index contributed by atoms with van der Waals surface area (Å²) in [6.07, 6.45) is 2.81. The molecule has 1 aliphatic heterocycles. The van der Waals surface area contributed by atoms with E-state index in [9.17, 15) is 8.42 Å². The summed E-state index contributed by atoms with van der Waals surface area (Å²) in [5.41, 5.74) is 0.846. The maximum atomic E-state index is 12.5. The van der Waals surface area contributed by atoms with Crippen molar-refractivity contribution in [3.63, 3.8) is 0 Å². The van der Waals surface area contributed by atoms with Gasteiger partial charge >= 0.3 is 0 Å². The van der Waals surface area contributed by atoms with E-state index < -0.39 is 10.0 Å². The first-order valence-electron chi connectivity index (χ1n) is 6.76. The molecule has 0 saturated carbocycles. The van der Waals surface area contributed by atoms with Crippen LogP contribution in [0.1, 0.15) is 30.2 Å². The van der Waals surface area contributed by atoms with Crippen molar-refractivity contribution in [2.75, 3.05) is 13.1 Å². The van der Waals surface area contributed by atoms with E-state index in [1.54, 1.807) is 7.05 Å². The van der Waals surface area contributed by atoms with Gasteiger partial charge in [-0.2, -0.15) is 4.31 Å². The molecule has 0 bridgehead atoms. The van der Waals surface area contributed by atoms with E-state index in [0.717, 1.165) is 11.5 Å². The van der Waals surface area contributed by atoms with Crippen LogP contribution in [0, 0.1) is 6.92 Å². The van der Waals surface area contributed by atoms with E-state index in [1.165, 1.54) is 15.2 Å². The van der Waals surface area contributed by atoms with Crippen LogP contribution in [0.2, 0.25) is 0 Å². The molecule has 0 spiro atoms. The van der Waals surface area contributed by atoms with Gasteiger partial charge in [0.25, 0.3) is 15.2 Å². The quantitative estimate of drug-likeness (QED) is 0.827. The second-order valence-corrected chi connectivity index (χ2v) is 7.11. The minimum atomic E-state index is -3.57. The fraction of sp³-hybridized carbons (Fsp3) is 0.583. The van der Waals surface area contributed by atoms with Gasteiger partial charge in [0, 0.05) is 32.1 Å². The smallest absolute Gasteiger partial charge is 0.278 e. The van der Waals surface area contributed by atoms with E-state index in [1.807, 2.05) is 13.0 Å². The van der Waals surface area contributed by atoms with E-state index in [-0.39, 0.29) is 11.1 Å². The van der Waals surface area contributed by atoms with Gasteiger partial charge in [-0.15, -0.1) is 10.2 Å². The van der Waals surface area contributed by atoms with E-state index in [4.69, 9.17) is 4.52 Å². The van der Waals surface area contributed by atoms with E-state index in [0.29, 0.717) is 25.9 Å². The minimum Gasteiger partial charge on any atom is -0.361 e. The van der Waals surface area contributed by atoms with Gasteiger partial charge in [0.1, 0.15) is 12.1 Å². The van der Waals surface area contributed by atoms with Crippen LogP contribution in [-0.2, 0) is 17.1 Å². The molecule has 2 aromatic heterocycles. The normalized spacial score (nSPS) is 18.2. The molecule has 1 fully saturated rings. The molecule has 0 N–H and O–H groups in total. The van der Waals surface area contributed by atoms with Crippen LogP contribution in [-0.4, -0.2) is 45.7 Å². The average molecular weight is 311 g/mol. The molecule has 1 saturated heterocycles. The van der Waals surface area contributed by atoms with Crippen LogP contribution in [0.25, 0.3) is 0 Å². The van der Waals surface area contributed by atoms with Crippen LogP contribution >= 0.6 is 0 Å². The second kappa shape index (κ2) is 5.23. The zero-order valence-corrected chi connectivity index (χ0v) is 12.7. The number of hydrogen-bond donors (Lipinski definition) is 0. The Bertz CT molecular complexity index is 728. The number of aryl methyl sites for hydroxylation is 2. The first-order chi connectivity index (χ1) is 9.98. The monoisotopic (exact) mass is 311 g/mol. The maximum Gasteiger partial charge on any atom is 0.278 e. The van der Waals surface area contributed by atoms with Crippen molar-refractivity contribution in [1.29, 1.82) is 0 Å². The van der Waals surface area contributed by atoms with Gasteiger partial charge < -0.3 is 9.09 Å². The van der Waals surface area contributed by atoms with Crippen LogP contribution in [0.5, 0.6) is 0 Å². The van der Waals surface area contributed by atoms with Gasteiger partial charge in [0.2, 0.25) is 0 Å². The molecule has 114 valence electrons. The fourth-order valence-electron chi connectivity index (χ4n) is 2.58. The average Bonchev–Trinajstić information content (AvgIpc) is 3.08. The van der Waals surface area contributed by atoms with Crippen molar-refractivity contribution in [1.82, 2.24) is 24.2 Å². The van der Waals surface area contributed by atoms with Gasteiger partial charge in [-0.05, 0) is 19.8 Å². The highest BCUT2D eigenvalue weighted by molar-refractivity contribution is 7.89. The van der Waals surface area contributed by atoms with Crippen LogP contribution in [0.4, 0.5) is 0 Å². The summed E-state index contributed by atoms with van der Waals surface area (Å²) in [5, 5.41) is 11.2. The Morgan fingerprint density at radius 3 is 2.57 bits per heavy atom. The number of sulfonamides is 1. The lowest BCUT2D eigenvalue weighted by Gasteiger charge is -2.29. The van der Waals surface area contributed by atoms with Crippen molar-refractivity contribution in [3.8, 4) is 0 Å². The highest BCUT2D eigenvalue weighted by Crippen LogP contribution is 2.30. The summed E-state index contributed by atoms with van der Waals surface area (Å²) < 4.78 is 33.1. The van der Waals surface area contributed by atoms with Crippen LogP contribution in [0.15, 0.2) is 22.1 Å². The molecule has 0 aliphatic carbocycles. The molecular formula is C12H17N5O3S. The maximum absolute atomic E-state index is 12.5. The predicted octanol–water partition coefficient (Wildman–Crippen LogP) is 0.680. The molecule has 1 aliphatic rings. The lowest BCUT2D eigenvalue weighted by atomic mass is 9.95. The molecule has 9 heteroatoms. The Hall–Kier alpha value is -1.74. The Labute approximate surface area is 122 Å². The SMILES string of the molecule is Cc1cc(C2CCN(S(=O)(=O)c3nncn3C)CC2)on1. The number of rotatable bonds is 3. The Kier molecular flexibility index (Phi) is 3.54. The van der Waals surface area contributed by atoms with E-state index >= 15 is 0 Å². The topological polar surface area (TPSA) is 94.1 Å². The molecule has 8 nitrogen and oxygen atoms in total. The van der Waals surface area contributed by atoms with Gasteiger partial charge in [-0.3, -0.25) is 0 Å². The minimum absolute atomic E-state index is 0.0172. The summed E-state index contributed by atoms with van der Waals surface area (Å²) in [4.78, 5) is 0. The summed E-state index contributed by atoms with van der Waals surface area (Å²) in [5.74, 6) is 1.06. The largest absolute Gasteiger partial charge is 0.361 e. The highest BCUT2D eigenvalue weighted by Gasteiger charge is 2.33. The molecule has 0 unspecified atom stereocenters. The highest BCUT2D eigenvalue weighted by atomic mass is 32.2. The summed E-state index contributed by atoms with van der Waals surface area (Å²) >= 11 is 0. The van der Waals surface area contributed by atoms with Crippen molar-refractivity contribution in [2.45, 2.75) is 30.8 Å². The molecule has 3 rings (SSSR count). The van der Waals surface area contributed by atoms with Gasteiger partial charge in [-0.25, -0.2) is 8.42 Å². The van der Waals surface area contributed by atoms with Crippen molar-refractivity contribution in [2.24, 2.45) is 7.05 Å². The lowest BCUT2D eigenvalue weighted by molar-refractivity contribution is 0.274. The van der Waals surface area contributed by atoms with Gasteiger partial charge in [0.05, 0.1) is 5.69 Å². The molecule has 0 aromatic carbocycles. The number of aromatic nitrogens is 4. The molecule has 0 amide bonds. The molecule has 2 aromatic rings. The zero-order valence-electron chi connectivity index (χ0n) is 11.9. The molecular weight excluding hydrogens is 294 g/mol. The first-order valence-corrected chi connectivity index (χ1v) is 8.20. The first kappa shape index (κ1) is 14.2. The van der Waals surface area contributed by atoms with Crippen LogP contribution in [0.3, 0.4) is 0 Å². The Morgan fingerprint density at radius 2 is 2.05 bits per heavy atom. The van der Waals surface area contributed by atoms with Crippen molar-refractivity contribution < 1.29 is 12.9 Å². The lowest BCUT2D eigenvalue weighted by Crippen LogP contribution is -2.38. The Balaban J connectivity index is 1.73. The van der Waals surface area contributed by atoms with Crippen molar-refractivity contribution in [3.05, 3.63) is 23.8 Å². The third kappa shape index (κ3) is 2.58. The number of piperidine rings is 1. The summed E-state index contributed by atoms with van der Waals surface area (Å²) in [7, 11) is -1.95. The van der Waals surface area contributed by atoms with E-state index in [2.05, 4.69) is 15.4 Å². The number of hydrogen-bond acceptors (Lipinski definition) is 6. The fourth-order valence-corrected chi connectivity index (χ4v) is 4.06. The standard InChI is InChI=1S/C12H17N5O3S/c1-9-7-11(20-15-9)10-3-5-17(6-4-10)21(18,19)12-14-13-8-16(12)2/h7-8,10H,3-6H2,1-2H3. The summed E-state index contributed by atoms with van der Waals surface area (Å²) in [6, 6.07) is 1.91. The molecule has 0 atom stereocenters. The molecule has 3 heterocycles. The van der Waals surface area contributed by atoms with Crippen molar-refractivity contribution >= 4 is 10.0 Å². The second-order valence-electron chi connectivity index (χ2n) is 5.27.